The summed E-state index contributed by atoms with van der Waals surface area (Å²) in [6.07, 6.45) is -3.31. The number of benzene rings is 2. The summed E-state index contributed by atoms with van der Waals surface area (Å²) in [5.41, 5.74) is 1.85. The zero-order valence-electron chi connectivity index (χ0n) is 13.3. The van der Waals surface area contributed by atoms with Gasteiger partial charge in [-0.15, -0.1) is 0 Å². The van der Waals surface area contributed by atoms with Gasteiger partial charge in [0, 0.05) is 19.7 Å². The van der Waals surface area contributed by atoms with Crippen molar-refractivity contribution in [3.63, 3.8) is 0 Å². The standard InChI is InChI=1S/C19H20F3NO/c20-19(21,22)18-3-1-2-17(10-18)16-6-4-14(5-7-16)11-23-9-8-15(12-23)13-24/h1-7,10,15,24H,8-9,11-13H2. The Labute approximate surface area is 139 Å². The van der Waals surface area contributed by atoms with E-state index in [-0.39, 0.29) is 6.61 Å². The predicted molar refractivity (Wildman–Crippen MR) is 87.3 cm³/mol. The lowest BCUT2D eigenvalue weighted by atomic mass is 10.0. The van der Waals surface area contributed by atoms with Crippen LogP contribution in [0.3, 0.4) is 0 Å². The molecule has 1 heterocycles. The third-order valence-corrected chi connectivity index (χ3v) is 4.51. The van der Waals surface area contributed by atoms with Crippen LogP contribution in [0.15, 0.2) is 48.5 Å². The first kappa shape index (κ1) is 17.0. The molecule has 1 aliphatic heterocycles. The molecule has 0 radical (unpaired) electrons. The van der Waals surface area contributed by atoms with Crippen LogP contribution in [-0.2, 0) is 12.7 Å². The molecular weight excluding hydrogens is 315 g/mol. The summed E-state index contributed by atoms with van der Waals surface area (Å²) in [4.78, 5) is 2.29. The molecule has 2 nitrogen and oxygen atoms in total. The molecule has 2 aromatic rings. The minimum absolute atomic E-state index is 0.227. The van der Waals surface area contributed by atoms with E-state index in [1.165, 1.54) is 12.1 Å². The van der Waals surface area contributed by atoms with Crippen LogP contribution < -0.4 is 0 Å². The average molecular weight is 335 g/mol. The maximum absolute atomic E-state index is 12.8. The SMILES string of the molecule is OCC1CCN(Cc2ccc(-c3cccc(C(F)(F)F)c3)cc2)C1. The lowest BCUT2D eigenvalue weighted by Crippen LogP contribution is -2.20. The van der Waals surface area contributed by atoms with E-state index in [4.69, 9.17) is 0 Å². The first-order valence-electron chi connectivity index (χ1n) is 8.05. The van der Waals surface area contributed by atoms with Gasteiger partial charge in [-0.05, 0) is 47.7 Å². The number of hydrogen-bond acceptors (Lipinski definition) is 2. The van der Waals surface area contributed by atoms with E-state index in [0.717, 1.165) is 43.2 Å². The average Bonchev–Trinajstić information content (AvgIpc) is 3.02. The molecule has 0 amide bonds. The van der Waals surface area contributed by atoms with Crippen molar-refractivity contribution in [2.75, 3.05) is 19.7 Å². The summed E-state index contributed by atoms with van der Waals surface area (Å²) in [6, 6.07) is 13.0. The molecule has 1 saturated heterocycles. The fourth-order valence-electron chi connectivity index (χ4n) is 3.14. The fourth-order valence-corrected chi connectivity index (χ4v) is 3.14. The highest BCUT2D eigenvalue weighted by atomic mass is 19.4. The van der Waals surface area contributed by atoms with Crippen molar-refractivity contribution in [3.8, 4) is 11.1 Å². The molecule has 0 aromatic heterocycles. The van der Waals surface area contributed by atoms with E-state index < -0.39 is 11.7 Å². The summed E-state index contributed by atoms with van der Waals surface area (Å²) in [5, 5.41) is 9.19. The fraction of sp³-hybridized carbons (Fsp3) is 0.368. The zero-order valence-corrected chi connectivity index (χ0v) is 13.3. The van der Waals surface area contributed by atoms with Crippen molar-refractivity contribution in [1.82, 2.24) is 4.90 Å². The molecule has 0 spiro atoms. The van der Waals surface area contributed by atoms with E-state index in [2.05, 4.69) is 4.90 Å². The van der Waals surface area contributed by atoms with Gasteiger partial charge in [-0.1, -0.05) is 36.4 Å². The van der Waals surface area contributed by atoms with Gasteiger partial charge in [0.25, 0.3) is 0 Å². The Morgan fingerprint density at radius 1 is 1.04 bits per heavy atom. The molecule has 1 N–H and O–H groups in total. The molecule has 1 unspecified atom stereocenters. The van der Waals surface area contributed by atoms with Crippen LogP contribution in [0.1, 0.15) is 17.5 Å². The first-order valence-corrected chi connectivity index (χ1v) is 8.05. The minimum Gasteiger partial charge on any atom is -0.396 e. The van der Waals surface area contributed by atoms with Gasteiger partial charge in [0.2, 0.25) is 0 Å². The molecule has 1 atom stereocenters. The normalized spacial score (nSPS) is 18.9. The quantitative estimate of drug-likeness (QED) is 0.906. The maximum atomic E-state index is 12.8. The van der Waals surface area contributed by atoms with E-state index in [9.17, 15) is 18.3 Å². The highest BCUT2D eigenvalue weighted by Gasteiger charge is 2.30. The number of likely N-dealkylation sites (tertiary alicyclic amines) is 1. The van der Waals surface area contributed by atoms with Crippen LogP contribution in [0.4, 0.5) is 13.2 Å². The largest absolute Gasteiger partial charge is 0.416 e. The zero-order chi connectivity index (χ0) is 17.2. The second kappa shape index (κ2) is 6.95. The Morgan fingerprint density at radius 2 is 1.79 bits per heavy atom. The molecule has 0 aliphatic carbocycles. The number of nitrogens with zero attached hydrogens (tertiary/aromatic N) is 1. The van der Waals surface area contributed by atoms with E-state index >= 15 is 0 Å². The van der Waals surface area contributed by atoms with Crippen molar-refractivity contribution in [2.45, 2.75) is 19.1 Å². The molecule has 2 aromatic carbocycles. The summed E-state index contributed by atoms with van der Waals surface area (Å²) < 4.78 is 38.4. The van der Waals surface area contributed by atoms with Gasteiger partial charge >= 0.3 is 6.18 Å². The highest BCUT2D eigenvalue weighted by molar-refractivity contribution is 5.64. The van der Waals surface area contributed by atoms with Gasteiger partial charge in [-0.25, -0.2) is 0 Å². The lowest BCUT2D eigenvalue weighted by Gasteiger charge is -2.16. The Balaban J connectivity index is 1.71. The summed E-state index contributed by atoms with van der Waals surface area (Å²) in [6.45, 7) is 2.90. The van der Waals surface area contributed by atoms with E-state index in [0.29, 0.717) is 11.5 Å². The Hall–Kier alpha value is -1.85. The van der Waals surface area contributed by atoms with Crippen molar-refractivity contribution in [2.24, 2.45) is 5.92 Å². The molecule has 5 heteroatoms. The van der Waals surface area contributed by atoms with Crippen LogP contribution in [0, 0.1) is 5.92 Å². The van der Waals surface area contributed by atoms with Crippen LogP contribution in [0.2, 0.25) is 0 Å². The van der Waals surface area contributed by atoms with Gasteiger partial charge in [-0.3, -0.25) is 4.90 Å². The van der Waals surface area contributed by atoms with Gasteiger partial charge in [-0.2, -0.15) is 13.2 Å². The lowest BCUT2D eigenvalue weighted by molar-refractivity contribution is -0.137. The topological polar surface area (TPSA) is 23.5 Å². The number of alkyl halides is 3. The predicted octanol–water partition coefficient (Wildman–Crippen LogP) is 4.19. The van der Waals surface area contributed by atoms with Crippen LogP contribution in [-0.4, -0.2) is 29.7 Å². The number of aliphatic hydroxyl groups excluding tert-OH is 1. The van der Waals surface area contributed by atoms with Gasteiger partial charge < -0.3 is 5.11 Å². The van der Waals surface area contributed by atoms with Crippen LogP contribution in [0.25, 0.3) is 11.1 Å². The number of hydrogen-bond donors (Lipinski definition) is 1. The van der Waals surface area contributed by atoms with Crippen molar-refractivity contribution >= 4 is 0 Å². The molecule has 24 heavy (non-hydrogen) atoms. The summed E-state index contributed by atoms with van der Waals surface area (Å²) in [7, 11) is 0. The minimum atomic E-state index is -4.32. The highest BCUT2D eigenvalue weighted by Crippen LogP contribution is 2.32. The molecule has 3 rings (SSSR count). The smallest absolute Gasteiger partial charge is 0.396 e. The Morgan fingerprint density at radius 3 is 2.42 bits per heavy atom. The van der Waals surface area contributed by atoms with Gasteiger partial charge in [0.1, 0.15) is 0 Å². The molecular formula is C19H20F3NO. The third kappa shape index (κ3) is 3.97. The van der Waals surface area contributed by atoms with Crippen LogP contribution >= 0.6 is 0 Å². The molecule has 1 fully saturated rings. The Bertz CT molecular complexity index is 682. The van der Waals surface area contributed by atoms with Crippen molar-refractivity contribution in [1.29, 1.82) is 0 Å². The van der Waals surface area contributed by atoms with E-state index in [1.54, 1.807) is 6.07 Å². The maximum Gasteiger partial charge on any atom is 0.416 e. The van der Waals surface area contributed by atoms with E-state index in [1.807, 2.05) is 24.3 Å². The second-order valence-electron chi connectivity index (χ2n) is 6.35. The number of halogens is 3. The molecule has 0 bridgehead atoms. The summed E-state index contributed by atoms with van der Waals surface area (Å²) in [5.74, 6) is 0.356. The third-order valence-electron chi connectivity index (χ3n) is 4.51. The molecule has 1 aliphatic rings. The number of aliphatic hydroxyl groups is 1. The number of rotatable bonds is 4. The van der Waals surface area contributed by atoms with Crippen LogP contribution in [0.5, 0.6) is 0 Å². The monoisotopic (exact) mass is 335 g/mol. The van der Waals surface area contributed by atoms with Crippen molar-refractivity contribution < 1.29 is 18.3 Å². The van der Waals surface area contributed by atoms with Gasteiger partial charge in [0.05, 0.1) is 5.56 Å². The molecule has 0 saturated carbocycles. The molecule has 128 valence electrons. The Kier molecular flexibility index (Phi) is 4.92. The van der Waals surface area contributed by atoms with Crippen molar-refractivity contribution in [3.05, 3.63) is 59.7 Å². The van der Waals surface area contributed by atoms with Gasteiger partial charge in [0.15, 0.2) is 0 Å². The first-order chi connectivity index (χ1) is 11.5. The summed E-state index contributed by atoms with van der Waals surface area (Å²) >= 11 is 0. The second-order valence-corrected chi connectivity index (χ2v) is 6.35.